The summed E-state index contributed by atoms with van der Waals surface area (Å²) >= 11 is 0. The van der Waals surface area contributed by atoms with Gasteiger partial charge in [0.2, 0.25) is 10.0 Å². The third-order valence-electron chi connectivity index (χ3n) is 6.99. The maximum Gasteiger partial charge on any atom is 0.335 e. The van der Waals surface area contributed by atoms with Crippen molar-refractivity contribution in [3.05, 3.63) is 83.4 Å². The van der Waals surface area contributed by atoms with Gasteiger partial charge in [0.1, 0.15) is 0 Å². The van der Waals surface area contributed by atoms with E-state index in [2.05, 4.69) is 10.2 Å². The van der Waals surface area contributed by atoms with E-state index >= 15 is 0 Å². The lowest BCUT2D eigenvalue weighted by Crippen LogP contribution is -2.48. The number of anilines is 2. The molecule has 1 heterocycles. The fourth-order valence-electron chi connectivity index (χ4n) is 4.80. The summed E-state index contributed by atoms with van der Waals surface area (Å²) < 4.78 is 26.2. The highest BCUT2D eigenvalue weighted by Gasteiger charge is 2.26. The Labute approximate surface area is 236 Å². The zero-order chi connectivity index (χ0) is 28.9. The predicted molar refractivity (Wildman–Crippen MR) is 158 cm³/mol. The van der Waals surface area contributed by atoms with Crippen LogP contribution in [0.3, 0.4) is 0 Å². The minimum atomic E-state index is -3.15. The zero-order valence-corrected chi connectivity index (χ0v) is 23.9. The monoisotopic (exact) mass is 564 g/mol. The van der Waals surface area contributed by atoms with Crippen molar-refractivity contribution in [3.8, 4) is 11.1 Å². The van der Waals surface area contributed by atoms with Crippen LogP contribution in [-0.4, -0.2) is 80.6 Å². The van der Waals surface area contributed by atoms with Crippen molar-refractivity contribution in [2.75, 3.05) is 56.2 Å². The van der Waals surface area contributed by atoms with E-state index in [9.17, 15) is 23.1 Å². The predicted octanol–water partition coefficient (Wildman–Crippen LogP) is 4.23. The summed E-state index contributed by atoms with van der Waals surface area (Å²) in [5.74, 6) is -1.03. The van der Waals surface area contributed by atoms with Crippen LogP contribution in [0.4, 0.5) is 11.4 Å². The summed E-state index contributed by atoms with van der Waals surface area (Å²) in [5.41, 5.74) is 4.93. The van der Waals surface area contributed by atoms with Gasteiger partial charge in [0, 0.05) is 69.3 Å². The molecule has 1 aliphatic heterocycles. The fourth-order valence-corrected chi connectivity index (χ4v) is 6.29. The van der Waals surface area contributed by atoms with Gasteiger partial charge in [0.25, 0.3) is 5.91 Å². The molecule has 0 spiro atoms. The first-order chi connectivity index (χ1) is 19.1. The molecule has 0 radical (unpaired) electrons. The number of carbonyl (C=O) groups excluding carboxylic acids is 1. The molecule has 1 saturated heterocycles. The zero-order valence-electron chi connectivity index (χ0n) is 23.1. The van der Waals surface area contributed by atoms with E-state index in [1.54, 1.807) is 34.6 Å². The van der Waals surface area contributed by atoms with Crippen molar-refractivity contribution in [1.29, 1.82) is 0 Å². The van der Waals surface area contributed by atoms with Crippen molar-refractivity contribution in [3.63, 3.8) is 0 Å². The highest BCUT2D eigenvalue weighted by Crippen LogP contribution is 2.31. The van der Waals surface area contributed by atoms with Gasteiger partial charge in [0.15, 0.2) is 0 Å². The number of nitrogens with one attached hydrogen (secondary N) is 1. The van der Waals surface area contributed by atoms with Crippen LogP contribution in [0, 0.1) is 0 Å². The highest BCUT2D eigenvalue weighted by atomic mass is 32.2. The Morgan fingerprint density at radius 1 is 0.900 bits per heavy atom. The number of carboxylic acids is 1. The molecule has 0 aliphatic carbocycles. The van der Waals surface area contributed by atoms with E-state index in [0.29, 0.717) is 43.9 Å². The molecule has 0 aromatic heterocycles. The quantitative estimate of drug-likeness (QED) is 0.379. The Morgan fingerprint density at radius 2 is 1.52 bits per heavy atom. The number of hydrogen-bond donors (Lipinski definition) is 2. The third-order valence-corrected chi connectivity index (χ3v) is 9.06. The maximum atomic E-state index is 12.9. The number of amides is 1. The number of carbonyl (C=O) groups is 2. The van der Waals surface area contributed by atoms with Crippen LogP contribution in [0.25, 0.3) is 11.1 Å². The average molecular weight is 565 g/mol. The van der Waals surface area contributed by atoms with Crippen LogP contribution in [0.2, 0.25) is 0 Å². The third kappa shape index (κ3) is 7.07. The lowest BCUT2D eigenvalue weighted by Gasteiger charge is -2.34. The van der Waals surface area contributed by atoms with E-state index in [1.807, 2.05) is 62.3 Å². The van der Waals surface area contributed by atoms with Crippen molar-refractivity contribution < 1.29 is 23.1 Å². The number of rotatable bonds is 10. The van der Waals surface area contributed by atoms with Crippen molar-refractivity contribution in [2.24, 2.45) is 0 Å². The molecule has 2 N–H and O–H groups in total. The lowest BCUT2D eigenvalue weighted by atomic mass is 9.99. The Hall–Kier alpha value is -3.73. The molecular weight excluding hydrogens is 528 g/mol. The standard InChI is InChI=1S/C30H36N4O5S/c1-4-19-40(38,39)34-17-15-33(16-18-34)21-22-5-12-26(13-6-22)31-29(35)24-9-7-23(8-10-24)27-20-25(30(36)37)11-14-28(27)32(2)3/h5-14,20H,4,15-19,21H2,1-3H3,(H,31,35)(H,36,37). The number of piperazine rings is 1. The molecule has 3 aromatic rings. The smallest absolute Gasteiger partial charge is 0.335 e. The molecule has 0 bridgehead atoms. The first kappa shape index (κ1) is 29.3. The van der Waals surface area contributed by atoms with Gasteiger partial charge in [-0.25, -0.2) is 13.2 Å². The van der Waals surface area contributed by atoms with Crippen LogP contribution < -0.4 is 10.2 Å². The summed E-state index contributed by atoms with van der Waals surface area (Å²) in [4.78, 5) is 28.5. The van der Waals surface area contributed by atoms with E-state index in [4.69, 9.17) is 0 Å². The first-order valence-electron chi connectivity index (χ1n) is 13.3. The molecule has 1 fully saturated rings. The molecular formula is C30H36N4O5S. The van der Waals surface area contributed by atoms with Gasteiger partial charge in [0.05, 0.1) is 11.3 Å². The summed E-state index contributed by atoms with van der Waals surface area (Å²) in [6.07, 6.45) is 0.622. The SMILES string of the molecule is CCCS(=O)(=O)N1CCN(Cc2ccc(NC(=O)c3ccc(-c4cc(C(=O)O)ccc4N(C)C)cc3)cc2)CC1. The Bertz CT molecular complexity index is 1450. The number of sulfonamides is 1. The van der Waals surface area contributed by atoms with Gasteiger partial charge in [-0.05, 0) is 60.0 Å². The van der Waals surface area contributed by atoms with Crippen LogP contribution in [0.1, 0.15) is 39.6 Å². The van der Waals surface area contributed by atoms with E-state index < -0.39 is 16.0 Å². The molecule has 1 aliphatic rings. The summed E-state index contributed by atoms with van der Waals surface area (Å²) in [7, 11) is 0.639. The Balaban J connectivity index is 1.36. The molecule has 4 rings (SSSR count). The number of nitrogens with zero attached hydrogens (tertiary/aromatic N) is 3. The van der Waals surface area contributed by atoms with Gasteiger partial charge in [-0.2, -0.15) is 4.31 Å². The van der Waals surface area contributed by atoms with E-state index in [1.165, 1.54) is 0 Å². The van der Waals surface area contributed by atoms with Gasteiger partial charge >= 0.3 is 5.97 Å². The summed E-state index contributed by atoms with van der Waals surface area (Å²) in [6.45, 7) is 4.99. The molecule has 212 valence electrons. The van der Waals surface area contributed by atoms with Gasteiger partial charge in [-0.15, -0.1) is 0 Å². The fraction of sp³-hybridized carbons (Fsp3) is 0.333. The lowest BCUT2D eigenvalue weighted by molar-refractivity contribution is 0.0696. The number of carboxylic acid groups (broad SMARTS) is 1. The molecule has 40 heavy (non-hydrogen) atoms. The van der Waals surface area contributed by atoms with Gasteiger partial charge in [-0.1, -0.05) is 31.2 Å². The van der Waals surface area contributed by atoms with Gasteiger partial charge < -0.3 is 15.3 Å². The number of hydrogen-bond acceptors (Lipinski definition) is 6. The molecule has 3 aromatic carbocycles. The van der Waals surface area contributed by atoms with Crippen LogP contribution in [0.15, 0.2) is 66.7 Å². The second-order valence-corrected chi connectivity index (χ2v) is 12.2. The first-order valence-corrected chi connectivity index (χ1v) is 14.9. The molecule has 10 heteroatoms. The van der Waals surface area contributed by atoms with Crippen molar-refractivity contribution in [1.82, 2.24) is 9.21 Å². The Kier molecular flexibility index (Phi) is 9.24. The minimum Gasteiger partial charge on any atom is -0.478 e. The van der Waals surface area contributed by atoms with Crippen LogP contribution in [0.5, 0.6) is 0 Å². The van der Waals surface area contributed by atoms with Crippen molar-refractivity contribution >= 4 is 33.3 Å². The van der Waals surface area contributed by atoms with Gasteiger partial charge in [-0.3, -0.25) is 9.69 Å². The number of aromatic carboxylic acids is 1. The molecule has 0 atom stereocenters. The topological polar surface area (TPSA) is 110 Å². The molecule has 0 unspecified atom stereocenters. The second-order valence-electron chi connectivity index (χ2n) is 10.2. The second kappa shape index (κ2) is 12.6. The summed E-state index contributed by atoms with van der Waals surface area (Å²) in [6, 6.07) is 19.8. The van der Waals surface area contributed by atoms with E-state index in [-0.39, 0.29) is 17.2 Å². The molecule has 1 amide bonds. The Morgan fingerprint density at radius 3 is 2.10 bits per heavy atom. The van der Waals surface area contributed by atoms with E-state index in [0.717, 1.165) is 28.9 Å². The largest absolute Gasteiger partial charge is 0.478 e. The highest BCUT2D eigenvalue weighted by molar-refractivity contribution is 7.89. The summed E-state index contributed by atoms with van der Waals surface area (Å²) in [5, 5.41) is 12.3. The van der Waals surface area contributed by atoms with Crippen LogP contribution in [-0.2, 0) is 16.6 Å². The molecule has 9 nitrogen and oxygen atoms in total. The minimum absolute atomic E-state index is 0.197. The molecule has 0 saturated carbocycles. The average Bonchev–Trinajstić information content (AvgIpc) is 2.94. The number of benzene rings is 3. The van der Waals surface area contributed by atoms with Crippen molar-refractivity contribution in [2.45, 2.75) is 19.9 Å². The maximum absolute atomic E-state index is 12.9. The van der Waals surface area contributed by atoms with Crippen LogP contribution >= 0.6 is 0 Å². The normalized spacial score (nSPS) is 14.6.